The molecule has 0 spiro atoms. The van der Waals surface area contributed by atoms with E-state index < -0.39 is 0 Å². The third-order valence-corrected chi connectivity index (χ3v) is 2.73. The number of nitrogens with zero attached hydrogens (tertiary/aromatic N) is 1. The van der Waals surface area contributed by atoms with Crippen LogP contribution in [-0.4, -0.2) is 17.6 Å². The monoisotopic (exact) mass is 208 g/mol. The van der Waals surface area contributed by atoms with Gasteiger partial charge in [0.25, 0.3) is 0 Å². The van der Waals surface area contributed by atoms with Crippen LogP contribution in [0.25, 0.3) is 0 Å². The number of nitrogens with one attached hydrogen (secondary N) is 1. The van der Waals surface area contributed by atoms with E-state index in [0.29, 0.717) is 0 Å². The van der Waals surface area contributed by atoms with E-state index in [1.54, 1.807) is 0 Å². The van der Waals surface area contributed by atoms with Crippen molar-refractivity contribution >= 4 is 0 Å². The van der Waals surface area contributed by atoms with Crippen molar-refractivity contribution in [1.82, 2.24) is 10.3 Å². The number of hydrogen-bond acceptors (Lipinski definition) is 3. The van der Waals surface area contributed by atoms with Crippen LogP contribution in [0.1, 0.15) is 44.3 Å². The number of aromatic nitrogens is 1. The van der Waals surface area contributed by atoms with Crippen molar-refractivity contribution in [2.45, 2.75) is 51.5 Å². The number of oxazole rings is 1. The van der Waals surface area contributed by atoms with Gasteiger partial charge in [0.15, 0.2) is 5.89 Å². The molecule has 1 saturated carbocycles. The summed E-state index contributed by atoms with van der Waals surface area (Å²) in [5.74, 6) is 1.92. The van der Waals surface area contributed by atoms with Gasteiger partial charge in [-0.3, -0.25) is 0 Å². The summed E-state index contributed by atoms with van der Waals surface area (Å²) in [6.07, 6.45) is 8.90. The van der Waals surface area contributed by atoms with Gasteiger partial charge >= 0.3 is 0 Å². The van der Waals surface area contributed by atoms with Crippen molar-refractivity contribution in [2.24, 2.45) is 0 Å². The van der Waals surface area contributed by atoms with E-state index in [2.05, 4.69) is 17.2 Å². The van der Waals surface area contributed by atoms with Crippen molar-refractivity contribution in [1.29, 1.82) is 0 Å². The minimum absolute atomic E-state index is 0.777. The van der Waals surface area contributed by atoms with E-state index in [1.165, 1.54) is 25.7 Å². The Kier molecular flexibility index (Phi) is 3.78. The Bertz CT molecular complexity index is 292. The van der Waals surface area contributed by atoms with Gasteiger partial charge in [-0.2, -0.15) is 0 Å². The minimum Gasteiger partial charge on any atom is -0.446 e. The number of aryl methyl sites for hydroxylation is 1. The first-order valence-corrected chi connectivity index (χ1v) is 6.05. The lowest BCUT2D eigenvalue weighted by atomic mass is 10.2. The topological polar surface area (TPSA) is 38.1 Å². The second kappa shape index (κ2) is 5.31. The lowest BCUT2D eigenvalue weighted by Crippen LogP contribution is -2.19. The molecule has 1 aromatic rings. The van der Waals surface area contributed by atoms with Crippen LogP contribution in [0.4, 0.5) is 0 Å². The summed E-state index contributed by atoms with van der Waals surface area (Å²) in [7, 11) is 0. The first-order valence-electron chi connectivity index (χ1n) is 6.05. The van der Waals surface area contributed by atoms with Crippen molar-refractivity contribution in [3.63, 3.8) is 0 Å². The molecule has 2 rings (SSSR count). The van der Waals surface area contributed by atoms with Crippen LogP contribution < -0.4 is 5.32 Å². The van der Waals surface area contributed by atoms with Crippen LogP contribution >= 0.6 is 0 Å². The molecular formula is C12H20N2O. The molecule has 0 saturated heterocycles. The zero-order valence-electron chi connectivity index (χ0n) is 9.46. The zero-order valence-corrected chi connectivity index (χ0v) is 9.46. The highest BCUT2D eigenvalue weighted by molar-refractivity contribution is 4.95. The molecule has 84 valence electrons. The Labute approximate surface area is 91.3 Å². The fraction of sp³-hybridized carbons (Fsp3) is 0.750. The molecular weight excluding hydrogens is 188 g/mol. The average Bonchev–Trinajstić information content (AvgIpc) is 2.95. The van der Waals surface area contributed by atoms with Gasteiger partial charge in [0.2, 0.25) is 0 Å². The third-order valence-electron chi connectivity index (χ3n) is 2.73. The Morgan fingerprint density at radius 3 is 3.07 bits per heavy atom. The van der Waals surface area contributed by atoms with Crippen LogP contribution in [0.3, 0.4) is 0 Å². The zero-order chi connectivity index (χ0) is 10.5. The second-order valence-electron chi connectivity index (χ2n) is 4.30. The average molecular weight is 208 g/mol. The smallest absolute Gasteiger partial charge is 0.195 e. The summed E-state index contributed by atoms with van der Waals surface area (Å²) >= 11 is 0. The van der Waals surface area contributed by atoms with Gasteiger partial charge in [-0.1, -0.05) is 13.3 Å². The molecule has 1 aliphatic rings. The maximum absolute atomic E-state index is 5.64. The fourth-order valence-corrected chi connectivity index (χ4v) is 1.60. The van der Waals surface area contributed by atoms with Crippen LogP contribution in [0.2, 0.25) is 0 Å². The molecule has 1 N–H and O–H groups in total. The summed E-state index contributed by atoms with van der Waals surface area (Å²) in [4.78, 5) is 4.28. The lowest BCUT2D eigenvalue weighted by molar-refractivity contribution is 0.443. The third kappa shape index (κ3) is 3.67. The summed E-state index contributed by atoms with van der Waals surface area (Å²) < 4.78 is 5.64. The maximum Gasteiger partial charge on any atom is 0.195 e. The summed E-state index contributed by atoms with van der Waals surface area (Å²) in [6.45, 7) is 3.19. The fourth-order valence-electron chi connectivity index (χ4n) is 1.60. The largest absolute Gasteiger partial charge is 0.446 e. The quantitative estimate of drug-likeness (QED) is 0.747. The highest BCUT2D eigenvalue weighted by atomic mass is 16.4. The molecule has 3 nitrogen and oxygen atoms in total. The molecule has 0 amide bonds. The van der Waals surface area contributed by atoms with Crippen LogP contribution in [0.5, 0.6) is 0 Å². The molecule has 0 aromatic carbocycles. The van der Waals surface area contributed by atoms with E-state index in [-0.39, 0.29) is 0 Å². The van der Waals surface area contributed by atoms with Gasteiger partial charge in [-0.25, -0.2) is 4.98 Å². The predicted molar refractivity (Wildman–Crippen MR) is 59.8 cm³/mol. The maximum atomic E-state index is 5.64. The highest BCUT2D eigenvalue weighted by Gasteiger charge is 2.19. The van der Waals surface area contributed by atoms with E-state index in [9.17, 15) is 0 Å². The molecule has 3 heteroatoms. The molecule has 0 bridgehead atoms. The Hall–Kier alpha value is -0.830. The van der Waals surface area contributed by atoms with Crippen LogP contribution in [-0.2, 0) is 12.8 Å². The molecule has 1 aliphatic carbocycles. The van der Waals surface area contributed by atoms with Crippen molar-refractivity contribution in [2.75, 3.05) is 6.54 Å². The summed E-state index contributed by atoms with van der Waals surface area (Å²) in [5.41, 5.74) is 0. The molecule has 0 unspecified atom stereocenters. The van der Waals surface area contributed by atoms with Crippen molar-refractivity contribution < 1.29 is 4.42 Å². The Balaban J connectivity index is 1.68. The molecule has 15 heavy (non-hydrogen) atoms. The van der Waals surface area contributed by atoms with Crippen molar-refractivity contribution in [3.8, 4) is 0 Å². The standard InChI is InChI=1S/C12H20N2O/c1-2-3-4-11-9-14-12(15-11)7-8-13-10-5-6-10/h9-10,13H,2-8H2,1H3. The Morgan fingerprint density at radius 2 is 2.33 bits per heavy atom. The molecule has 0 aliphatic heterocycles. The van der Waals surface area contributed by atoms with Gasteiger partial charge < -0.3 is 9.73 Å². The van der Waals surface area contributed by atoms with E-state index in [1.807, 2.05) is 6.20 Å². The number of rotatable bonds is 7. The van der Waals surface area contributed by atoms with Crippen molar-refractivity contribution in [3.05, 3.63) is 17.8 Å². The second-order valence-corrected chi connectivity index (χ2v) is 4.30. The first-order chi connectivity index (χ1) is 7.38. The number of unbranched alkanes of at least 4 members (excludes halogenated alkanes) is 1. The molecule has 1 fully saturated rings. The summed E-state index contributed by atoms with van der Waals surface area (Å²) in [5, 5.41) is 3.46. The predicted octanol–water partition coefficient (Wildman–Crippen LogP) is 2.31. The van der Waals surface area contributed by atoms with Gasteiger partial charge in [0.05, 0.1) is 6.20 Å². The van der Waals surface area contributed by atoms with Gasteiger partial charge in [-0.05, 0) is 19.3 Å². The SMILES string of the molecule is CCCCc1cnc(CCNC2CC2)o1. The molecule has 0 radical (unpaired) electrons. The van der Waals surface area contributed by atoms with Gasteiger partial charge in [-0.15, -0.1) is 0 Å². The highest BCUT2D eigenvalue weighted by Crippen LogP contribution is 2.18. The van der Waals surface area contributed by atoms with E-state index in [0.717, 1.165) is 37.1 Å². The molecule has 1 heterocycles. The number of hydrogen-bond donors (Lipinski definition) is 1. The minimum atomic E-state index is 0.777. The summed E-state index contributed by atoms with van der Waals surface area (Å²) in [6, 6.07) is 0.777. The molecule has 1 aromatic heterocycles. The van der Waals surface area contributed by atoms with Crippen LogP contribution in [0, 0.1) is 0 Å². The van der Waals surface area contributed by atoms with Gasteiger partial charge in [0, 0.05) is 25.4 Å². The van der Waals surface area contributed by atoms with Crippen LogP contribution in [0.15, 0.2) is 10.6 Å². The Morgan fingerprint density at radius 1 is 1.47 bits per heavy atom. The van der Waals surface area contributed by atoms with E-state index in [4.69, 9.17) is 4.42 Å². The van der Waals surface area contributed by atoms with Gasteiger partial charge in [0.1, 0.15) is 5.76 Å². The van der Waals surface area contributed by atoms with E-state index >= 15 is 0 Å². The molecule has 0 atom stereocenters. The normalized spacial score (nSPS) is 15.8. The lowest BCUT2D eigenvalue weighted by Gasteiger charge is -1.98. The first kappa shape index (κ1) is 10.7.